The first kappa shape index (κ1) is 19.4. The largest absolute Gasteiger partial charge is 0.496 e. The number of carbonyl (C=O) groups excluding carboxylic acids is 1. The Labute approximate surface area is 173 Å². The fourth-order valence-corrected chi connectivity index (χ4v) is 4.97. The van der Waals surface area contributed by atoms with Gasteiger partial charge in [0.05, 0.1) is 25.4 Å². The lowest BCUT2D eigenvalue weighted by Gasteiger charge is -2.29. The molecular weight excluding hydrogens is 388 g/mol. The molecule has 4 rings (SSSR count). The third-order valence-corrected chi connectivity index (χ3v) is 6.42. The van der Waals surface area contributed by atoms with Gasteiger partial charge in [0.25, 0.3) is 5.56 Å². The Morgan fingerprint density at radius 2 is 2.10 bits per heavy atom. The fraction of sp³-hybridized carbons (Fsp3) is 0.381. The summed E-state index contributed by atoms with van der Waals surface area (Å²) in [6, 6.07) is 7.84. The average Bonchev–Trinajstić information content (AvgIpc) is 3.11. The van der Waals surface area contributed by atoms with Gasteiger partial charge in [-0.25, -0.2) is 9.78 Å². The summed E-state index contributed by atoms with van der Waals surface area (Å²) in [5.41, 5.74) is 2.11. The maximum Gasteiger partial charge on any atom is 0.319 e. The van der Waals surface area contributed by atoms with Crippen LogP contribution >= 0.6 is 11.3 Å². The van der Waals surface area contributed by atoms with E-state index in [9.17, 15) is 9.59 Å². The zero-order chi connectivity index (χ0) is 20.5. The van der Waals surface area contributed by atoms with E-state index in [0.29, 0.717) is 37.9 Å². The third-order valence-electron chi connectivity index (χ3n) is 5.30. The molecule has 0 saturated heterocycles. The lowest BCUT2D eigenvalue weighted by Crippen LogP contribution is -2.41. The van der Waals surface area contributed by atoms with Gasteiger partial charge in [0.2, 0.25) is 0 Å². The van der Waals surface area contributed by atoms with Crippen LogP contribution in [0.15, 0.2) is 35.4 Å². The average molecular weight is 413 g/mol. The molecule has 1 aromatic carbocycles. The second-order valence-corrected chi connectivity index (χ2v) is 8.42. The minimum absolute atomic E-state index is 0.00437. The van der Waals surface area contributed by atoms with Crippen LogP contribution in [0.25, 0.3) is 10.2 Å². The van der Waals surface area contributed by atoms with E-state index >= 15 is 0 Å². The molecule has 8 heteroatoms. The standard InChI is InChI=1S/C21H24N4O3S/c1-23(2)21(27)24-11-9-15-17(12-24)29-19-18(15)20(26)25(13-22-19)10-8-14-6-4-5-7-16(14)28-3/h4-7,13H,8-12H2,1-3H3. The maximum absolute atomic E-state index is 13.2. The molecule has 3 aromatic rings. The Morgan fingerprint density at radius 1 is 1.31 bits per heavy atom. The summed E-state index contributed by atoms with van der Waals surface area (Å²) in [6.07, 6.45) is 3.00. The zero-order valence-corrected chi connectivity index (χ0v) is 17.7. The van der Waals surface area contributed by atoms with Gasteiger partial charge in [-0.2, -0.15) is 0 Å². The molecule has 2 aromatic heterocycles. The number of aryl methyl sites for hydroxylation is 2. The first-order chi connectivity index (χ1) is 14.0. The minimum Gasteiger partial charge on any atom is -0.496 e. The van der Waals surface area contributed by atoms with Crippen LogP contribution in [0.2, 0.25) is 0 Å². The molecule has 0 spiro atoms. The summed E-state index contributed by atoms with van der Waals surface area (Å²) in [4.78, 5) is 35.2. The smallest absolute Gasteiger partial charge is 0.319 e. The van der Waals surface area contributed by atoms with Crippen LogP contribution in [-0.2, 0) is 25.9 Å². The van der Waals surface area contributed by atoms with E-state index in [4.69, 9.17) is 4.74 Å². The van der Waals surface area contributed by atoms with Crippen LogP contribution in [0.5, 0.6) is 5.75 Å². The van der Waals surface area contributed by atoms with Crippen molar-refractivity contribution in [3.05, 3.63) is 57.0 Å². The first-order valence-corrected chi connectivity index (χ1v) is 10.4. The van der Waals surface area contributed by atoms with Crippen LogP contribution in [-0.4, -0.2) is 53.1 Å². The van der Waals surface area contributed by atoms with E-state index in [2.05, 4.69) is 4.98 Å². The molecule has 3 heterocycles. The van der Waals surface area contributed by atoms with Crippen molar-refractivity contribution in [2.24, 2.45) is 0 Å². The number of carbonyl (C=O) groups is 1. The quantitative estimate of drug-likeness (QED) is 0.661. The van der Waals surface area contributed by atoms with Gasteiger partial charge in [0.1, 0.15) is 10.6 Å². The summed E-state index contributed by atoms with van der Waals surface area (Å²) < 4.78 is 7.09. The summed E-state index contributed by atoms with van der Waals surface area (Å²) in [6.45, 7) is 1.69. The highest BCUT2D eigenvalue weighted by molar-refractivity contribution is 7.18. The summed E-state index contributed by atoms with van der Waals surface area (Å²) >= 11 is 1.52. The molecule has 1 aliphatic heterocycles. The van der Waals surface area contributed by atoms with Gasteiger partial charge in [-0.05, 0) is 30.0 Å². The van der Waals surface area contributed by atoms with Gasteiger partial charge >= 0.3 is 6.03 Å². The van der Waals surface area contributed by atoms with E-state index in [1.54, 1.807) is 37.0 Å². The molecular formula is C21H24N4O3S. The summed E-state index contributed by atoms with van der Waals surface area (Å²) in [5, 5.41) is 0.712. The lowest BCUT2D eigenvalue weighted by atomic mass is 10.1. The molecule has 7 nitrogen and oxygen atoms in total. The number of amides is 2. The number of fused-ring (bicyclic) bond motifs is 3. The van der Waals surface area contributed by atoms with Gasteiger partial charge in [0.15, 0.2) is 0 Å². The Kier molecular flexibility index (Phi) is 5.27. The molecule has 152 valence electrons. The molecule has 1 aliphatic rings. The molecule has 0 unspecified atom stereocenters. The van der Waals surface area contributed by atoms with Crippen LogP contribution in [0.4, 0.5) is 4.79 Å². The van der Waals surface area contributed by atoms with Gasteiger partial charge < -0.3 is 14.5 Å². The van der Waals surface area contributed by atoms with E-state index in [0.717, 1.165) is 26.6 Å². The predicted molar refractivity (Wildman–Crippen MR) is 114 cm³/mol. The Bertz CT molecular complexity index is 1120. The zero-order valence-electron chi connectivity index (χ0n) is 16.8. The molecule has 0 atom stereocenters. The molecule has 0 saturated carbocycles. The second kappa shape index (κ2) is 7.87. The number of para-hydroxylation sites is 1. The highest BCUT2D eigenvalue weighted by Gasteiger charge is 2.27. The first-order valence-electron chi connectivity index (χ1n) is 9.57. The summed E-state index contributed by atoms with van der Waals surface area (Å²) in [7, 11) is 5.16. The minimum atomic E-state index is -0.00483. The molecule has 2 amide bonds. The number of thiophene rings is 1. The van der Waals surface area contributed by atoms with Gasteiger partial charge in [0, 0.05) is 32.1 Å². The Balaban J connectivity index is 1.62. The van der Waals surface area contributed by atoms with Crippen molar-refractivity contribution in [2.75, 3.05) is 27.7 Å². The van der Waals surface area contributed by atoms with Crippen LogP contribution in [0, 0.1) is 0 Å². The Hall–Kier alpha value is -2.87. The number of urea groups is 1. The number of hydrogen-bond acceptors (Lipinski definition) is 5. The second-order valence-electron chi connectivity index (χ2n) is 7.34. The third kappa shape index (κ3) is 3.60. The van der Waals surface area contributed by atoms with Crippen LogP contribution in [0.3, 0.4) is 0 Å². The van der Waals surface area contributed by atoms with E-state index in [1.807, 2.05) is 29.2 Å². The van der Waals surface area contributed by atoms with Crippen LogP contribution < -0.4 is 10.3 Å². The highest BCUT2D eigenvalue weighted by atomic mass is 32.1. The van der Waals surface area contributed by atoms with E-state index in [1.165, 1.54) is 11.3 Å². The summed E-state index contributed by atoms with van der Waals surface area (Å²) in [5.74, 6) is 0.827. The number of nitrogens with zero attached hydrogens (tertiary/aromatic N) is 4. The fourth-order valence-electron chi connectivity index (χ4n) is 3.77. The maximum atomic E-state index is 13.2. The van der Waals surface area contributed by atoms with Gasteiger partial charge in [-0.3, -0.25) is 9.36 Å². The van der Waals surface area contributed by atoms with Crippen molar-refractivity contribution >= 4 is 27.6 Å². The van der Waals surface area contributed by atoms with Crippen molar-refractivity contribution in [1.82, 2.24) is 19.4 Å². The number of aromatic nitrogens is 2. The topological polar surface area (TPSA) is 67.7 Å². The van der Waals surface area contributed by atoms with E-state index < -0.39 is 0 Å². The van der Waals surface area contributed by atoms with Gasteiger partial charge in [-0.1, -0.05) is 18.2 Å². The highest BCUT2D eigenvalue weighted by Crippen LogP contribution is 2.32. The number of benzene rings is 1. The number of hydrogen-bond donors (Lipinski definition) is 0. The molecule has 29 heavy (non-hydrogen) atoms. The molecule has 0 fully saturated rings. The monoisotopic (exact) mass is 412 g/mol. The number of ether oxygens (including phenoxy) is 1. The molecule has 0 radical (unpaired) electrons. The molecule has 0 aliphatic carbocycles. The molecule has 0 N–H and O–H groups in total. The number of methoxy groups -OCH3 is 1. The van der Waals surface area contributed by atoms with Crippen molar-refractivity contribution in [2.45, 2.75) is 25.9 Å². The van der Waals surface area contributed by atoms with Crippen molar-refractivity contribution < 1.29 is 9.53 Å². The molecule has 0 bridgehead atoms. The predicted octanol–water partition coefficient (Wildman–Crippen LogP) is 2.75. The SMILES string of the molecule is COc1ccccc1CCn1cnc2sc3c(c2c1=O)CCN(C(=O)N(C)C)C3. The normalized spacial score (nSPS) is 13.4. The van der Waals surface area contributed by atoms with Crippen molar-refractivity contribution in [1.29, 1.82) is 0 Å². The van der Waals surface area contributed by atoms with E-state index in [-0.39, 0.29) is 11.6 Å². The Morgan fingerprint density at radius 3 is 2.86 bits per heavy atom. The van der Waals surface area contributed by atoms with Crippen LogP contribution in [0.1, 0.15) is 16.0 Å². The number of rotatable bonds is 4. The van der Waals surface area contributed by atoms with Crippen molar-refractivity contribution in [3.8, 4) is 5.75 Å². The lowest BCUT2D eigenvalue weighted by molar-refractivity contribution is 0.166. The van der Waals surface area contributed by atoms with Crippen molar-refractivity contribution in [3.63, 3.8) is 0 Å². The van der Waals surface area contributed by atoms with Gasteiger partial charge in [-0.15, -0.1) is 11.3 Å².